The van der Waals surface area contributed by atoms with Crippen LogP contribution in [0, 0.1) is 20.8 Å². The number of nitrogens with one attached hydrogen (secondary N) is 1. The molecule has 2 aromatic heterocycles. The molecule has 0 unspecified atom stereocenters. The molecule has 0 radical (unpaired) electrons. The molecular formula is C25H24BrN3O3. The van der Waals surface area contributed by atoms with Gasteiger partial charge in [0.15, 0.2) is 5.76 Å². The summed E-state index contributed by atoms with van der Waals surface area (Å²) in [5.74, 6) is 1.28. The van der Waals surface area contributed by atoms with E-state index in [0.29, 0.717) is 18.0 Å². The van der Waals surface area contributed by atoms with Crippen molar-refractivity contribution >= 4 is 27.5 Å². The van der Waals surface area contributed by atoms with Crippen LogP contribution in [-0.4, -0.2) is 15.7 Å². The Morgan fingerprint density at radius 3 is 2.66 bits per heavy atom. The van der Waals surface area contributed by atoms with Crippen molar-refractivity contribution in [3.63, 3.8) is 0 Å². The molecule has 0 bridgehead atoms. The fraction of sp³-hybridized carbons (Fsp3) is 0.200. The van der Waals surface area contributed by atoms with Crippen molar-refractivity contribution in [2.45, 2.75) is 33.9 Å². The second kappa shape index (κ2) is 9.44. The highest BCUT2D eigenvalue weighted by Crippen LogP contribution is 2.22. The van der Waals surface area contributed by atoms with Gasteiger partial charge in [-0.1, -0.05) is 24.3 Å². The monoisotopic (exact) mass is 493 g/mol. The number of furan rings is 1. The normalized spacial score (nSPS) is 10.9. The van der Waals surface area contributed by atoms with Crippen LogP contribution < -0.4 is 10.1 Å². The molecular weight excluding hydrogens is 470 g/mol. The minimum Gasteiger partial charge on any atom is -0.486 e. The van der Waals surface area contributed by atoms with Gasteiger partial charge in [-0.15, -0.1) is 0 Å². The first-order valence-electron chi connectivity index (χ1n) is 10.3. The Balaban J connectivity index is 1.39. The lowest BCUT2D eigenvalue weighted by Crippen LogP contribution is -2.11. The van der Waals surface area contributed by atoms with E-state index < -0.39 is 0 Å². The second-order valence-electron chi connectivity index (χ2n) is 7.67. The average Bonchev–Trinajstić information content (AvgIpc) is 3.34. The van der Waals surface area contributed by atoms with Gasteiger partial charge in [0.1, 0.15) is 18.1 Å². The SMILES string of the molecule is Cc1cccc(OCc2ccc(C(=O)Nc3cccc(Cn4nc(C)c(Br)c4C)c3)o2)c1. The number of carbonyl (C=O) groups is 1. The Morgan fingerprint density at radius 1 is 1.09 bits per heavy atom. The predicted octanol–water partition coefficient (Wildman–Crippen LogP) is 6.04. The summed E-state index contributed by atoms with van der Waals surface area (Å²) in [7, 11) is 0. The van der Waals surface area contributed by atoms with Crippen LogP contribution in [0.1, 0.15) is 38.8 Å². The molecule has 2 heterocycles. The fourth-order valence-corrected chi connectivity index (χ4v) is 3.66. The summed E-state index contributed by atoms with van der Waals surface area (Å²) in [5, 5.41) is 7.44. The number of aryl methyl sites for hydroxylation is 2. The number of nitrogens with zero attached hydrogens (tertiary/aromatic N) is 2. The quantitative estimate of drug-likeness (QED) is 0.340. The van der Waals surface area contributed by atoms with E-state index in [2.05, 4.69) is 26.3 Å². The molecule has 2 aromatic carbocycles. The number of benzene rings is 2. The number of amides is 1. The van der Waals surface area contributed by atoms with Gasteiger partial charge in [0.05, 0.1) is 22.4 Å². The van der Waals surface area contributed by atoms with E-state index in [0.717, 1.165) is 32.7 Å². The summed E-state index contributed by atoms with van der Waals surface area (Å²) in [6.07, 6.45) is 0. The lowest BCUT2D eigenvalue weighted by Gasteiger charge is -2.08. The average molecular weight is 494 g/mol. The predicted molar refractivity (Wildman–Crippen MR) is 127 cm³/mol. The fourth-order valence-electron chi connectivity index (χ4n) is 3.38. The van der Waals surface area contributed by atoms with E-state index in [1.54, 1.807) is 12.1 Å². The minimum atomic E-state index is -0.308. The lowest BCUT2D eigenvalue weighted by atomic mass is 10.2. The van der Waals surface area contributed by atoms with E-state index >= 15 is 0 Å². The molecule has 4 rings (SSSR count). The number of halogens is 1. The second-order valence-corrected chi connectivity index (χ2v) is 8.46. The van der Waals surface area contributed by atoms with E-state index in [1.165, 1.54) is 0 Å². The molecule has 0 atom stereocenters. The van der Waals surface area contributed by atoms with Crippen LogP contribution >= 0.6 is 15.9 Å². The van der Waals surface area contributed by atoms with Crippen LogP contribution in [-0.2, 0) is 13.2 Å². The highest BCUT2D eigenvalue weighted by molar-refractivity contribution is 9.10. The maximum absolute atomic E-state index is 12.6. The van der Waals surface area contributed by atoms with Gasteiger partial charge in [0, 0.05) is 5.69 Å². The molecule has 0 spiro atoms. The third-order valence-corrected chi connectivity index (χ3v) is 6.21. The van der Waals surface area contributed by atoms with Crippen molar-refractivity contribution in [1.82, 2.24) is 9.78 Å². The molecule has 1 amide bonds. The molecule has 1 N–H and O–H groups in total. The first kappa shape index (κ1) is 21.9. The zero-order chi connectivity index (χ0) is 22.7. The van der Waals surface area contributed by atoms with Crippen molar-refractivity contribution in [3.05, 3.63) is 99.2 Å². The van der Waals surface area contributed by atoms with Crippen LogP contribution in [0.5, 0.6) is 5.75 Å². The van der Waals surface area contributed by atoms with Gasteiger partial charge in [-0.25, -0.2) is 0 Å². The number of ether oxygens (including phenoxy) is 1. The first-order valence-corrected chi connectivity index (χ1v) is 11.1. The van der Waals surface area contributed by atoms with E-state index in [4.69, 9.17) is 9.15 Å². The summed E-state index contributed by atoms with van der Waals surface area (Å²) in [5.41, 5.74) is 4.87. The maximum Gasteiger partial charge on any atom is 0.291 e. The van der Waals surface area contributed by atoms with Crippen LogP contribution in [0.3, 0.4) is 0 Å². The highest BCUT2D eigenvalue weighted by atomic mass is 79.9. The van der Waals surface area contributed by atoms with Crippen LogP contribution in [0.25, 0.3) is 0 Å². The Kier molecular flexibility index (Phi) is 6.46. The Morgan fingerprint density at radius 2 is 1.91 bits per heavy atom. The number of carbonyl (C=O) groups excluding carboxylic acids is 1. The van der Waals surface area contributed by atoms with Gasteiger partial charge in [0.2, 0.25) is 0 Å². The third-order valence-electron chi connectivity index (χ3n) is 5.07. The zero-order valence-corrected chi connectivity index (χ0v) is 19.8. The van der Waals surface area contributed by atoms with Crippen LogP contribution in [0.4, 0.5) is 5.69 Å². The number of anilines is 1. The lowest BCUT2D eigenvalue weighted by molar-refractivity contribution is 0.0992. The largest absolute Gasteiger partial charge is 0.486 e. The number of hydrogen-bond donors (Lipinski definition) is 1. The van der Waals surface area contributed by atoms with Gasteiger partial charge in [-0.2, -0.15) is 5.10 Å². The minimum absolute atomic E-state index is 0.237. The Bertz CT molecular complexity index is 1260. The molecule has 0 aliphatic rings. The summed E-state index contributed by atoms with van der Waals surface area (Å²) in [4.78, 5) is 12.6. The molecule has 0 aliphatic carbocycles. The molecule has 6 nitrogen and oxygen atoms in total. The van der Waals surface area contributed by atoms with Gasteiger partial charge in [-0.3, -0.25) is 9.48 Å². The standard InChI is InChI=1S/C25H24BrN3O3/c1-16-6-4-9-21(12-16)31-15-22-10-11-23(32-22)25(30)27-20-8-5-7-19(13-20)14-29-18(3)24(26)17(2)28-29/h4-13H,14-15H2,1-3H3,(H,27,30). The Hall–Kier alpha value is -3.32. The maximum atomic E-state index is 12.6. The van der Waals surface area contributed by atoms with Gasteiger partial charge >= 0.3 is 0 Å². The number of rotatable bonds is 7. The molecule has 0 aliphatic heterocycles. The molecule has 4 aromatic rings. The van der Waals surface area contributed by atoms with Crippen molar-refractivity contribution in [3.8, 4) is 5.75 Å². The summed E-state index contributed by atoms with van der Waals surface area (Å²) < 4.78 is 14.4. The first-order chi connectivity index (χ1) is 15.4. The van der Waals surface area contributed by atoms with Crippen molar-refractivity contribution in [2.24, 2.45) is 0 Å². The van der Waals surface area contributed by atoms with E-state index in [1.807, 2.05) is 74.0 Å². The third kappa shape index (κ3) is 5.11. The van der Waals surface area contributed by atoms with Crippen LogP contribution in [0.15, 0.2) is 69.6 Å². The summed E-state index contributed by atoms with van der Waals surface area (Å²) in [6, 6.07) is 18.9. The molecule has 0 fully saturated rings. The topological polar surface area (TPSA) is 69.3 Å². The van der Waals surface area contributed by atoms with E-state index in [-0.39, 0.29) is 18.3 Å². The van der Waals surface area contributed by atoms with Gasteiger partial charge in [-0.05, 0) is 84.2 Å². The molecule has 0 saturated heterocycles. The highest BCUT2D eigenvalue weighted by Gasteiger charge is 2.13. The van der Waals surface area contributed by atoms with E-state index in [9.17, 15) is 4.79 Å². The smallest absolute Gasteiger partial charge is 0.291 e. The van der Waals surface area contributed by atoms with Crippen molar-refractivity contribution in [2.75, 3.05) is 5.32 Å². The van der Waals surface area contributed by atoms with Gasteiger partial charge in [0.25, 0.3) is 5.91 Å². The molecule has 32 heavy (non-hydrogen) atoms. The van der Waals surface area contributed by atoms with Crippen LogP contribution in [0.2, 0.25) is 0 Å². The van der Waals surface area contributed by atoms with Crippen molar-refractivity contribution in [1.29, 1.82) is 0 Å². The van der Waals surface area contributed by atoms with Crippen molar-refractivity contribution < 1.29 is 13.9 Å². The molecule has 7 heteroatoms. The number of aromatic nitrogens is 2. The van der Waals surface area contributed by atoms with Gasteiger partial charge < -0.3 is 14.5 Å². The summed E-state index contributed by atoms with van der Waals surface area (Å²) in [6.45, 7) is 6.86. The molecule has 0 saturated carbocycles. The molecule has 164 valence electrons. The Labute approximate surface area is 195 Å². The summed E-state index contributed by atoms with van der Waals surface area (Å²) >= 11 is 3.56. The number of hydrogen-bond acceptors (Lipinski definition) is 4. The zero-order valence-electron chi connectivity index (χ0n) is 18.2.